The van der Waals surface area contributed by atoms with Crippen LogP contribution in [-0.4, -0.2) is 47.4 Å². The summed E-state index contributed by atoms with van der Waals surface area (Å²) in [5.74, 6) is -1.68. The van der Waals surface area contributed by atoms with E-state index in [1.54, 1.807) is 13.1 Å². The zero-order valence-corrected chi connectivity index (χ0v) is 19.2. The highest BCUT2D eigenvalue weighted by Crippen LogP contribution is 2.33. The maximum atomic E-state index is 12.9. The number of nitrogens with zero attached hydrogens (tertiary/aromatic N) is 1. The van der Waals surface area contributed by atoms with Gasteiger partial charge in [0.1, 0.15) is 0 Å². The van der Waals surface area contributed by atoms with E-state index in [0.717, 1.165) is 5.56 Å². The molecule has 0 heterocycles. The maximum Gasteiger partial charge on any atom is 0.331 e. The Balaban J connectivity index is 2.87. The lowest BCUT2D eigenvalue weighted by Crippen LogP contribution is -2.47. The van der Waals surface area contributed by atoms with Gasteiger partial charge in [0.05, 0.1) is 12.6 Å². The van der Waals surface area contributed by atoms with Crippen molar-refractivity contribution in [2.45, 2.75) is 59.4 Å². The molecule has 6 heteroatoms. The number of carboxylic acids is 1. The van der Waals surface area contributed by atoms with Crippen LogP contribution in [0.5, 0.6) is 0 Å². The Labute approximate surface area is 180 Å². The molecule has 0 fully saturated rings. The monoisotopic (exact) mass is 416 g/mol. The lowest BCUT2D eigenvalue weighted by atomic mass is 9.71. The first-order valence-electron chi connectivity index (χ1n) is 10.4. The number of carbonyl (C=O) groups is 3. The van der Waals surface area contributed by atoms with E-state index >= 15 is 0 Å². The molecule has 1 aromatic carbocycles. The summed E-state index contributed by atoms with van der Waals surface area (Å²) in [6.07, 6.45) is 2.23. The molecule has 1 aromatic rings. The molecule has 166 valence electrons. The van der Waals surface area contributed by atoms with Crippen LogP contribution in [0.15, 0.2) is 42.0 Å². The van der Waals surface area contributed by atoms with Gasteiger partial charge in [-0.25, -0.2) is 4.79 Å². The number of nitrogens with one attached hydrogen (secondary N) is 1. The quantitative estimate of drug-likeness (QED) is 0.570. The van der Waals surface area contributed by atoms with Crippen LogP contribution in [0.1, 0.15) is 53.5 Å². The molecule has 2 N–H and O–H groups in total. The number of carbonyl (C=O) groups excluding carboxylic acids is 2. The molecule has 0 spiro atoms. The van der Waals surface area contributed by atoms with E-state index in [-0.39, 0.29) is 47.2 Å². The summed E-state index contributed by atoms with van der Waals surface area (Å²) in [7, 11) is 1.63. The summed E-state index contributed by atoms with van der Waals surface area (Å²) in [6.45, 7) is 11.3. The van der Waals surface area contributed by atoms with Gasteiger partial charge >= 0.3 is 5.97 Å². The number of benzene rings is 1. The molecule has 0 aromatic heterocycles. The second kappa shape index (κ2) is 11.0. The molecule has 1 rings (SSSR count). The van der Waals surface area contributed by atoms with Crippen LogP contribution in [0.2, 0.25) is 0 Å². The second-order valence-corrected chi connectivity index (χ2v) is 8.66. The van der Waals surface area contributed by atoms with Crippen molar-refractivity contribution < 1.29 is 19.5 Å². The van der Waals surface area contributed by atoms with E-state index < -0.39 is 5.97 Å². The number of rotatable bonds is 10. The number of hydrogen-bond donors (Lipinski definition) is 2. The first-order chi connectivity index (χ1) is 13.9. The topological polar surface area (TPSA) is 86.7 Å². The van der Waals surface area contributed by atoms with Crippen molar-refractivity contribution in [2.75, 3.05) is 13.6 Å². The van der Waals surface area contributed by atoms with E-state index in [1.165, 1.54) is 11.8 Å². The van der Waals surface area contributed by atoms with Gasteiger partial charge in [0.25, 0.3) is 0 Å². The van der Waals surface area contributed by atoms with Crippen molar-refractivity contribution in [1.29, 1.82) is 0 Å². The fourth-order valence-electron chi connectivity index (χ4n) is 3.75. The van der Waals surface area contributed by atoms with Crippen molar-refractivity contribution >= 4 is 17.8 Å². The second-order valence-electron chi connectivity index (χ2n) is 8.66. The molecule has 0 aliphatic rings. The molecule has 2 atom stereocenters. The van der Waals surface area contributed by atoms with Crippen LogP contribution >= 0.6 is 0 Å². The summed E-state index contributed by atoms with van der Waals surface area (Å²) in [5.41, 5.74) is 0.884. The van der Waals surface area contributed by atoms with Gasteiger partial charge in [0.15, 0.2) is 0 Å². The van der Waals surface area contributed by atoms with Gasteiger partial charge in [-0.1, -0.05) is 71.0 Å². The van der Waals surface area contributed by atoms with Crippen LogP contribution in [0.25, 0.3) is 0 Å². The van der Waals surface area contributed by atoms with Gasteiger partial charge in [-0.3, -0.25) is 9.59 Å². The van der Waals surface area contributed by atoms with Crippen LogP contribution in [0.3, 0.4) is 0 Å². The average molecular weight is 417 g/mol. The van der Waals surface area contributed by atoms with Crippen molar-refractivity contribution in [3.05, 3.63) is 47.5 Å². The minimum atomic E-state index is -1.01. The van der Waals surface area contributed by atoms with Gasteiger partial charge in [0, 0.05) is 24.0 Å². The van der Waals surface area contributed by atoms with E-state index in [9.17, 15) is 14.4 Å². The smallest absolute Gasteiger partial charge is 0.331 e. The van der Waals surface area contributed by atoms with Gasteiger partial charge < -0.3 is 15.3 Å². The van der Waals surface area contributed by atoms with Crippen LogP contribution < -0.4 is 5.32 Å². The first kappa shape index (κ1) is 25.4. The Morgan fingerprint density at radius 3 is 2.20 bits per heavy atom. The molecular weight excluding hydrogens is 380 g/mol. The van der Waals surface area contributed by atoms with Gasteiger partial charge in [-0.05, 0) is 24.8 Å². The minimum Gasteiger partial charge on any atom is -0.478 e. The molecule has 6 nitrogen and oxygen atoms in total. The molecular formula is C24H36N2O4. The predicted octanol–water partition coefficient (Wildman–Crippen LogP) is 3.62. The van der Waals surface area contributed by atoms with Crippen molar-refractivity contribution in [1.82, 2.24) is 10.2 Å². The number of aliphatic carboxylic acids is 1. The van der Waals surface area contributed by atoms with Gasteiger partial charge in [0.2, 0.25) is 11.8 Å². The summed E-state index contributed by atoms with van der Waals surface area (Å²) < 4.78 is 0. The van der Waals surface area contributed by atoms with Crippen molar-refractivity contribution in [2.24, 2.45) is 11.8 Å². The first-order valence-corrected chi connectivity index (χ1v) is 10.4. The Kier molecular flexibility index (Phi) is 9.27. The molecule has 0 aliphatic carbocycles. The third kappa shape index (κ3) is 6.44. The molecule has 0 unspecified atom stereocenters. The zero-order valence-electron chi connectivity index (χ0n) is 19.2. The molecule has 0 saturated carbocycles. The van der Waals surface area contributed by atoms with Crippen LogP contribution in [-0.2, 0) is 19.8 Å². The lowest BCUT2D eigenvalue weighted by molar-refractivity contribution is -0.135. The Morgan fingerprint density at radius 2 is 1.73 bits per heavy atom. The molecule has 0 radical (unpaired) electrons. The molecule has 0 aliphatic heterocycles. The standard InChI is InChI=1S/C24H36N2O4/c1-8-19(24(5,6)18-12-10-9-11-13-18)22(28)25-15-21(27)26(7)20(16(2)3)14-17(4)23(29)30/h9-14,16,19-20H,8,15H2,1-7H3,(H,25,28)(H,29,30)/b17-14+/t19-,20-/m1/s1. The zero-order chi connectivity index (χ0) is 23.1. The fourth-order valence-corrected chi connectivity index (χ4v) is 3.75. The van der Waals surface area contributed by atoms with E-state index in [1.807, 2.05) is 65.0 Å². The highest BCUT2D eigenvalue weighted by atomic mass is 16.4. The summed E-state index contributed by atoms with van der Waals surface area (Å²) in [5, 5.41) is 11.9. The fraction of sp³-hybridized carbons (Fsp3) is 0.542. The molecule has 2 amide bonds. The molecule has 30 heavy (non-hydrogen) atoms. The Bertz CT molecular complexity index is 769. The van der Waals surface area contributed by atoms with Crippen molar-refractivity contribution in [3.8, 4) is 0 Å². The SMILES string of the molecule is CC[C@H](C(=O)NCC(=O)N(C)[C@H](/C=C(\C)C(=O)O)C(C)C)C(C)(C)c1ccccc1. The Hall–Kier alpha value is -2.63. The third-order valence-corrected chi connectivity index (χ3v) is 5.81. The Morgan fingerprint density at radius 1 is 1.17 bits per heavy atom. The number of amides is 2. The summed E-state index contributed by atoms with van der Waals surface area (Å²) >= 11 is 0. The average Bonchev–Trinajstić information content (AvgIpc) is 2.70. The van der Waals surface area contributed by atoms with E-state index in [4.69, 9.17) is 5.11 Å². The number of likely N-dealkylation sites (N-methyl/N-ethyl adjacent to an activating group) is 1. The highest BCUT2D eigenvalue weighted by molar-refractivity contribution is 5.88. The van der Waals surface area contributed by atoms with Crippen LogP contribution in [0.4, 0.5) is 0 Å². The maximum absolute atomic E-state index is 12.9. The summed E-state index contributed by atoms with van der Waals surface area (Å²) in [6, 6.07) is 9.52. The third-order valence-electron chi connectivity index (χ3n) is 5.81. The van der Waals surface area contributed by atoms with Crippen LogP contribution in [0, 0.1) is 11.8 Å². The predicted molar refractivity (Wildman–Crippen MR) is 119 cm³/mol. The van der Waals surface area contributed by atoms with Crippen molar-refractivity contribution in [3.63, 3.8) is 0 Å². The highest BCUT2D eigenvalue weighted by Gasteiger charge is 2.35. The normalized spacial score (nSPS) is 14.2. The lowest BCUT2D eigenvalue weighted by Gasteiger charge is -2.34. The molecule has 0 saturated heterocycles. The minimum absolute atomic E-state index is 0.0318. The van der Waals surface area contributed by atoms with E-state index in [2.05, 4.69) is 5.32 Å². The van der Waals surface area contributed by atoms with E-state index in [0.29, 0.717) is 6.42 Å². The van der Waals surface area contributed by atoms with Gasteiger partial charge in [-0.2, -0.15) is 0 Å². The molecule has 0 bridgehead atoms. The summed E-state index contributed by atoms with van der Waals surface area (Å²) in [4.78, 5) is 38.3. The number of hydrogen-bond acceptors (Lipinski definition) is 3. The number of carboxylic acid groups (broad SMARTS) is 1. The largest absolute Gasteiger partial charge is 0.478 e. The van der Waals surface area contributed by atoms with Gasteiger partial charge in [-0.15, -0.1) is 0 Å².